The van der Waals surface area contributed by atoms with Crippen LogP contribution in [0.2, 0.25) is 0 Å². The molecule has 0 aliphatic carbocycles. The number of rotatable bonds is 3. The van der Waals surface area contributed by atoms with Crippen molar-refractivity contribution in [2.75, 3.05) is 16.8 Å². The number of hydrogen-bond acceptors (Lipinski definition) is 3. The quantitative estimate of drug-likeness (QED) is 0.945. The van der Waals surface area contributed by atoms with E-state index in [0.29, 0.717) is 5.56 Å². The minimum atomic E-state index is -0.0487. The molecule has 1 N–H and O–H groups in total. The number of nitrogens with zero attached hydrogens (tertiary/aromatic N) is 2. The zero-order valence-electron chi connectivity index (χ0n) is 12.5. The van der Waals surface area contributed by atoms with Crippen molar-refractivity contribution < 1.29 is 4.79 Å². The summed E-state index contributed by atoms with van der Waals surface area (Å²) in [6, 6.07) is 15.9. The van der Waals surface area contributed by atoms with Crippen LogP contribution in [0.3, 0.4) is 0 Å². The molecule has 0 saturated carbocycles. The third kappa shape index (κ3) is 2.94. The summed E-state index contributed by atoms with van der Waals surface area (Å²) in [6.07, 6.45) is 0.985. The van der Waals surface area contributed by atoms with E-state index in [4.69, 9.17) is 5.26 Å². The molecular weight excluding hydrogens is 274 g/mol. The lowest BCUT2D eigenvalue weighted by Crippen LogP contribution is -2.19. The minimum absolute atomic E-state index is 0.0487. The number of anilines is 2. The number of hydrogen-bond donors (Lipinski definition) is 1. The Bertz CT molecular complexity index is 744. The van der Waals surface area contributed by atoms with Gasteiger partial charge in [-0.15, -0.1) is 0 Å². The molecule has 2 aromatic rings. The summed E-state index contributed by atoms with van der Waals surface area (Å²) >= 11 is 0. The predicted molar refractivity (Wildman–Crippen MR) is 86.7 cm³/mol. The van der Waals surface area contributed by atoms with Gasteiger partial charge in [0, 0.05) is 31.4 Å². The van der Waals surface area contributed by atoms with E-state index in [1.807, 2.05) is 30.3 Å². The molecule has 1 heterocycles. The summed E-state index contributed by atoms with van der Waals surface area (Å²) < 4.78 is 0. The molecular formula is C18H17N3O. The Kier molecular flexibility index (Phi) is 3.80. The lowest BCUT2D eigenvalue weighted by atomic mass is 10.1. The molecule has 3 rings (SSSR count). The first-order valence-corrected chi connectivity index (χ1v) is 7.30. The molecule has 0 fully saturated rings. The number of amides is 1. The van der Waals surface area contributed by atoms with Crippen LogP contribution in [0.4, 0.5) is 11.4 Å². The number of carbonyl (C=O) groups is 1. The Labute approximate surface area is 130 Å². The number of fused-ring (bicyclic) bond motifs is 1. The fraction of sp³-hybridized carbons (Fsp3) is 0.222. The van der Waals surface area contributed by atoms with Crippen LogP contribution in [0.1, 0.15) is 23.6 Å². The van der Waals surface area contributed by atoms with E-state index in [9.17, 15) is 4.79 Å². The summed E-state index contributed by atoms with van der Waals surface area (Å²) in [5, 5.41) is 11.7. The molecule has 0 unspecified atom stereocenters. The average Bonchev–Trinajstić information content (AvgIpc) is 2.90. The lowest BCUT2D eigenvalue weighted by Gasteiger charge is -2.19. The molecule has 4 heteroatoms. The molecule has 0 bridgehead atoms. The third-order valence-electron chi connectivity index (χ3n) is 3.85. The van der Waals surface area contributed by atoms with Gasteiger partial charge in [0.15, 0.2) is 0 Å². The molecule has 22 heavy (non-hydrogen) atoms. The van der Waals surface area contributed by atoms with Crippen molar-refractivity contribution in [3.8, 4) is 6.07 Å². The first-order chi connectivity index (χ1) is 10.7. The normalized spacial score (nSPS) is 12.6. The molecule has 0 radical (unpaired) electrons. The molecule has 1 amide bonds. The largest absolute Gasteiger partial charge is 0.367 e. The Morgan fingerprint density at radius 1 is 1.27 bits per heavy atom. The second-order valence-corrected chi connectivity index (χ2v) is 5.50. The SMILES string of the molecule is CC(=O)Nc1ccc2c(c1)CCN2Cc1ccc(C#N)cc1. The van der Waals surface area contributed by atoms with Gasteiger partial charge in [0.05, 0.1) is 11.6 Å². The van der Waals surface area contributed by atoms with Crippen molar-refractivity contribution in [3.63, 3.8) is 0 Å². The number of carbonyl (C=O) groups excluding carboxylic acids is 1. The highest BCUT2D eigenvalue weighted by molar-refractivity contribution is 5.89. The van der Waals surface area contributed by atoms with Gasteiger partial charge < -0.3 is 10.2 Å². The topological polar surface area (TPSA) is 56.1 Å². The zero-order valence-corrected chi connectivity index (χ0v) is 12.5. The van der Waals surface area contributed by atoms with Crippen LogP contribution in [0, 0.1) is 11.3 Å². The van der Waals surface area contributed by atoms with E-state index in [1.165, 1.54) is 23.7 Å². The van der Waals surface area contributed by atoms with Gasteiger partial charge in [-0.2, -0.15) is 5.26 Å². The Morgan fingerprint density at radius 3 is 2.73 bits per heavy atom. The van der Waals surface area contributed by atoms with E-state index in [1.54, 1.807) is 0 Å². The van der Waals surface area contributed by atoms with Crippen LogP contribution in [0.15, 0.2) is 42.5 Å². The zero-order chi connectivity index (χ0) is 15.5. The van der Waals surface area contributed by atoms with Gasteiger partial charge >= 0.3 is 0 Å². The molecule has 2 aromatic carbocycles. The number of benzene rings is 2. The summed E-state index contributed by atoms with van der Waals surface area (Å²) in [4.78, 5) is 13.5. The van der Waals surface area contributed by atoms with E-state index in [0.717, 1.165) is 25.2 Å². The van der Waals surface area contributed by atoms with Crippen molar-refractivity contribution >= 4 is 17.3 Å². The van der Waals surface area contributed by atoms with E-state index < -0.39 is 0 Å². The van der Waals surface area contributed by atoms with Gasteiger partial charge in [-0.1, -0.05) is 12.1 Å². The molecule has 0 aromatic heterocycles. The van der Waals surface area contributed by atoms with Crippen molar-refractivity contribution in [1.29, 1.82) is 5.26 Å². The Hall–Kier alpha value is -2.80. The number of nitrogens with one attached hydrogen (secondary N) is 1. The summed E-state index contributed by atoms with van der Waals surface area (Å²) in [5.41, 5.74) is 5.22. The Balaban J connectivity index is 1.76. The maximum atomic E-state index is 11.1. The summed E-state index contributed by atoms with van der Waals surface area (Å²) in [7, 11) is 0. The fourth-order valence-electron chi connectivity index (χ4n) is 2.82. The first kappa shape index (κ1) is 14.2. The molecule has 0 saturated heterocycles. The van der Waals surface area contributed by atoms with Crippen molar-refractivity contribution in [1.82, 2.24) is 0 Å². The van der Waals surface area contributed by atoms with Gasteiger partial charge in [-0.05, 0) is 47.9 Å². The van der Waals surface area contributed by atoms with Crippen molar-refractivity contribution in [3.05, 3.63) is 59.2 Å². The maximum absolute atomic E-state index is 11.1. The van der Waals surface area contributed by atoms with Crippen molar-refractivity contribution in [2.45, 2.75) is 19.9 Å². The second kappa shape index (κ2) is 5.90. The number of nitriles is 1. The lowest BCUT2D eigenvalue weighted by molar-refractivity contribution is -0.114. The third-order valence-corrected chi connectivity index (χ3v) is 3.85. The monoisotopic (exact) mass is 291 g/mol. The van der Waals surface area contributed by atoms with Gasteiger partial charge in [-0.25, -0.2) is 0 Å². The van der Waals surface area contributed by atoms with Crippen molar-refractivity contribution in [2.24, 2.45) is 0 Å². The highest BCUT2D eigenvalue weighted by atomic mass is 16.1. The van der Waals surface area contributed by atoms with Crippen LogP contribution < -0.4 is 10.2 Å². The first-order valence-electron chi connectivity index (χ1n) is 7.30. The highest BCUT2D eigenvalue weighted by Gasteiger charge is 2.19. The molecule has 0 atom stereocenters. The molecule has 1 aliphatic rings. The van der Waals surface area contributed by atoms with Gasteiger partial charge in [-0.3, -0.25) is 4.79 Å². The van der Waals surface area contributed by atoms with Crippen LogP contribution >= 0.6 is 0 Å². The summed E-state index contributed by atoms with van der Waals surface area (Å²) in [5.74, 6) is -0.0487. The van der Waals surface area contributed by atoms with Gasteiger partial charge in [0.2, 0.25) is 5.91 Å². The minimum Gasteiger partial charge on any atom is -0.367 e. The fourth-order valence-corrected chi connectivity index (χ4v) is 2.82. The van der Waals surface area contributed by atoms with Gasteiger partial charge in [0.25, 0.3) is 0 Å². The van der Waals surface area contributed by atoms with E-state index in [-0.39, 0.29) is 5.91 Å². The van der Waals surface area contributed by atoms with Crippen LogP contribution in [0.5, 0.6) is 0 Å². The Morgan fingerprint density at radius 2 is 2.05 bits per heavy atom. The second-order valence-electron chi connectivity index (χ2n) is 5.50. The molecule has 110 valence electrons. The predicted octanol–water partition coefficient (Wildman–Crippen LogP) is 3.08. The van der Waals surface area contributed by atoms with E-state index in [2.05, 4.69) is 28.4 Å². The standard InChI is InChI=1S/C18H17N3O/c1-13(22)20-17-6-7-18-16(10-17)8-9-21(18)12-15-4-2-14(11-19)3-5-15/h2-7,10H,8-9,12H2,1H3,(H,20,22). The van der Waals surface area contributed by atoms with Crippen LogP contribution in [-0.2, 0) is 17.8 Å². The maximum Gasteiger partial charge on any atom is 0.221 e. The smallest absolute Gasteiger partial charge is 0.221 e. The average molecular weight is 291 g/mol. The molecule has 4 nitrogen and oxygen atoms in total. The van der Waals surface area contributed by atoms with Crippen LogP contribution in [0.25, 0.3) is 0 Å². The van der Waals surface area contributed by atoms with Gasteiger partial charge in [0.1, 0.15) is 0 Å². The van der Waals surface area contributed by atoms with E-state index >= 15 is 0 Å². The highest BCUT2D eigenvalue weighted by Crippen LogP contribution is 2.31. The van der Waals surface area contributed by atoms with Crippen LogP contribution in [-0.4, -0.2) is 12.5 Å². The summed E-state index contributed by atoms with van der Waals surface area (Å²) in [6.45, 7) is 3.32. The molecule has 1 aliphatic heterocycles. The molecule has 0 spiro atoms.